The number of rotatable bonds is 10. The molecule has 3 rings (SSSR count). The number of nitrogens with zero attached hydrogens (tertiary/aromatic N) is 1. The summed E-state index contributed by atoms with van der Waals surface area (Å²) >= 11 is 0. The predicted molar refractivity (Wildman–Crippen MR) is 120 cm³/mol. The van der Waals surface area contributed by atoms with Crippen LogP contribution in [0.5, 0.6) is 0 Å². The van der Waals surface area contributed by atoms with Gasteiger partial charge in [-0.15, -0.1) is 0 Å². The van der Waals surface area contributed by atoms with Gasteiger partial charge in [0.1, 0.15) is 5.82 Å². The molecule has 0 saturated heterocycles. The molecule has 0 heterocycles. The summed E-state index contributed by atoms with van der Waals surface area (Å²) in [6, 6.07) is 21.1. The van der Waals surface area contributed by atoms with Gasteiger partial charge in [-0.3, -0.25) is 4.79 Å². The van der Waals surface area contributed by atoms with Crippen LogP contribution in [-0.2, 0) is 16.4 Å². The van der Waals surface area contributed by atoms with Crippen molar-refractivity contribution in [3.05, 3.63) is 101 Å². The van der Waals surface area contributed by atoms with Crippen molar-refractivity contribution in [2.24, 2.45) is 0 Å². The molecule has 0 saturated carbocycles. The van der Waals surface area contributed by atoms with Crippen LogP contribution < -0.4 is 0 Å². The molecule has 162 valence electrons. The van der Waals surface area contributed by atoms with Gasteiger partial charge in [0, 0.05) is 24.2 Å². The minimum atomic E-state index is -3.56. The molecule has 0 spiro atoms. The Hall–Kier alpha value is -2.83. The normalized spacial score (nSPS) is 11.6. The molecular weight excluding hydrogens is 413 g/mol. The topological polar surface area (TPSA) is 54.5 Å². The molecule has 3 aromatic carbocycles. The van der Waals surface area contributed by atoms with Gasteiger partial charge in [-0.25, -0.2) is 12.8 Å². The second-order valence-electron chi connectivity index (χ2n) is 7.36. The molecule has 6 heteroatoms. The second-order valence-corrected chi connectivity index (χ2v) is 9.30. The van der Waals surface area contributed by atoms with Gasteiger partial charge in [0.15, 0.2) is 5.78 Å². The Morgan fingerprint density at radius 1 is 0.871 bits per heavy atom. The van der Waals surface area contributed by atoms with E-state index >= 15 is 0 Å². The Morgan fingerprint density at radius 3 is 2.23 bits per heavy atom. The fraction of sp³-hybridized carbons (Fsp3) is 0.240. The van der Waals surface area contributed by atoms with E-state index < -0.39 is 15.8 Å². The molecule has 0 aliphatic rings. The number of halogens is 1. The summed E-state index contributed by atoms with van der Waals surface area (Å²) in [6.45, 7) is 2.85. The first kappa shape index (κ1) is 22.8. The van der Waals surface area contributed by atoms with Gasteiger partial charge in [0.05, 0.1) is 4.90 Å². The Balaban J connectivity index is 1.71. The summed E-state index contributed by atoms with van der Waals surface area (Å²) in [7, 11) is -3.56. The highest BCUT2D eigenvalue weighted by molar-refractivity contribution is 7.89. The first-order valence-corrected chi connectivity index (χ1v) is 11.8. The van der Waals surface area contributed by atoms with Crippen molar-refractivity contribution in [3.8, 4) is 0 Å². The van der Waals surface area contributed by atoms with Crippen LogP contribution in [0.2, 0.25) is 0 Å². The van der Waals surface area contributed by atoms with Crippen LogP contribution in [0, 0.1) is 5.82 Å². The summed E-state index contributed by atoms with van der Waals surface area (Å²) in [5, 5.41) is 0. The van der Waals surface area contributed by atoms with E-state index in [9.17, 15) is 17.6 Å². The lowest BCUT2D eigenvalue weighted by Crippen LogP contribution is -2.33. The van der Waals surface area contributed by atoms with Crippen LogP contribution in [0.3, 0.4) is 0 Å². The van der Waals surface area contributed by atoms with Gasteiger partial charge >= 0.3 is 0 Å². The maximum atomic E-state index is 13.4. The monoisotopic (exact) mass is 439 g/mol. The molecule has 3 aromatic rings. The number of carbonyl (C=O) groups excluding carboxylic acids is 1. The maximum absolute atomic E-state index is 13.4. The molecule has 0 aliphatic carbocycles. The Kier molecular flexibility index (Phi) is 7.71. The highest BCUT2D eigenvalue weighted by atomic mass is 32.2. The molecule has 0 bridgehead atoms. The molecular formula is C25H26FNO3S. The number of ketones is 1. The molecule has 31 heavy (non-hydrogen) atoms. The average molecular weight is 440 g/mol. The van der Waals surface area contributed by atoms with E-state index in [2.05, 4.69) is 0 Å². The van der Waals surface area contributed by atoms with Gasteiger partial charge in [-0.2, -0.15) is 4.31 Å². The fourth-order valence-corrected chi connectivity index (χ4v) is 4.80. The van der Waals surface area contributed by atoms with Crippen molar-refractivity contribution in [2.75, 3.05) is 13.1 Å². The van der Waals surface area contributed by atoms with Crippen molar-refractivity contribution in [1.82, 2.24) is 4.31 Å². The van der Waals surface area contributed by atoms with Gasteiger partial charge in [-0.05, 0) is 42.7 Å². The van der Waals surface area contributed by atoms with Crippen molar-refractivity contribution in [3.63, 3.8) is 0 Å². The van der Waals surface area contributed by atoms with E-state index in [0.29, 0.717) is 35.5 Å². The summed E-state index contributed by atoms with van der Waals surface area (Å²) < 4.78 is 41.0. The number of carbonyl (C=O) groups is 1. The molecule has 4 nitrogen and oxygen atoms in total. The van der Waals surface area contributed by atoms with E-state index in [-0.39, 0.29) is 5.78 Å². The van der Waals surface area contributed by atoms with E-state index in [0.717, 1.165) is 18.4 Å². The lowest BCUT2D eigenvalue weighted by Gasteiger charge is -2.22. The molecule has 0 aliphatic heterocycles. The third-order valence-electron chi connectivity index (χ3n) is 5.09. The summed E-state index contributed by atoms with van der Waals surface area (Å²) in [6.07, 6.45) is 2.22. The standard InChI is InChI=1S/C25H26FNO3S/c1-2-3-17-27(31(29,30)24-10-5-4-6-11-24)18-16-20-12-14-21(15-13-20)25(28)22-8-7-9-23(26)19-22/h4-15,19H,2-3,16-18H2,1H3. The van der Waals surface area contributed by atoms with E-state index in [1.54, 1.807) is 48.5 Å². The van der Waals surface area contributed by atoms with Crippen LogP contribution in [0.4, 0.5) is 4.39 Å². The van der Waals surface area contributed by atoms with Crippen LogP contribution in [0.15, 0.2) is 83.8 Å². The van der Waals surface area contributed by atoms with Gasteiger partial charge in [0.25, 0.3) is 0 Å². The average Bonchev–Trinajstić information content (AvgIpc) is 2.79. The Morgan fingerprint density at radius 2 is 1.58 bits per heavy atom. The molecule has 0 fully saturated rings. The molecule has 0 atom stereocenters. The van der Waals surface area contributed by atoms with Gasteiger partial charge < -0.3 is 0 Å². The minimum absolute atomic E-state index is 0.248. The quantitative estimate of drug-likeness (QED) is 0.414. The Bertz CT molecular complexity index is 1110. The van der Waals surface area contributed by atoms with Gasteiger partial charge in [0.2, 0.25) is 10.0 Å². The molecule has 0 aromatic heterocycles. The number of unbranched alkanes of at least 4 members (excludes halogenated alkanes) is 1. The minimum Gasteiger partial charge on any atom is -0.289 e. The molecule has 0 amide bonds. The zero-order chi connectivity index (χ0) is 22.3. The predicted octanol–water partition coefficient (Wildman–Crippen LogP) is 5.09. The van der Waals surface area contributed by atoms with Crippen LogP contribution in [0.1, 0.15) is 41.3 Å². The van der Waals surface area contributed by atoms with E-state index in [1.165, 1.54) is 22.5 Å². The van der Waals surface area contributed by atoms with Crippen LogP contribution in [0.25, 0.3) is 0 Å². The van der Waals surface area contributed by atoms with Crippen molar-refractivity contribution in [1.29, 1.82) is 0 Å². The van der Waals surface area contributed by atoms with Gasteiger partial charge in [-0.1, -0.05) is 67.9 Å². The lowest BCUT2D eigenvalue weighted by molar-refractivity contribution is 0.103. The largest absolute Gasteiger partial charge is 0.289 e. The highest BCUT2D eigenvalue weighted by Crippen LogP contribution is 2.18. The molecule has 0 N–H and O–H groups in total. The summed E-state index contributed by atoms with van der Waals surface area (Å²) in [5.41, 5.74) is 1.70. The molecule has 0 radical (unpaired) electrons. The van der Waals surface area contributed by atoms with E-state index in [1.807, 2.05) is 19.1 Å². The number of sulfonamides is 1. The van der Waals surface area contributed by atoms with Crippen LogP contribution in [-0.4, -0.2) is 31.6 Å². The summed E-state index contributed by atoms with van der Waals surface area (Å²) in [5.74, 6) is -0.698. The first-order valence-electron chi connectivity index (χ1n) is 10.4. The zero-order valence-corrected chi connectivity index (χ0v) is 18.3. The fourth-order valence-electron chi connectivity index (χ4n) is 3.30. The summed E-state index contributed by atoms with van der Waals surface area (Å²) in [4.78, 5) is 12.8. The first-order chi connectivity index (χ1) is 14.9. The second kappa shape index (κ2) is 10.5. The Labute approximate surface area is 183 Å². The van der Waals surface area contributed by atoms with Crippen molar-refractivity contribution < 1.29 is 17.6 Å². The third kappa shape index (κ3) is 5.87. The lowest BCUT2D eigenvalue weighted by atomic mass is 10.0. The SMILES string of the molecule is CCCCN(CCc1ccc(C(=O)c2cccc(F)c2)cc1)S(=O)(=O)c1ccccc1. The third-order valence-corrected chi connectivity index (χ3v) is 7.01. The van der Waals surface area contributed by atoms with Crippen molar-refractivity contribution in [2.45, 2.75) is 31.1 Å². The van der Waals surface area contributed by atoms with Crippen LogP contribution >= 0.6 is 0 Å². The maximum Gasteiger partial charge on any atom is 0.243 e. The van der Waals surface area contributed by atoms with Crippen molar-refractivity contribution >= 4 is 15.8 Å². The number of benzene rings is 3. The number of hydrogen-bond acceptors (Lipinski definition) is 3. The van der Waals surface area contributed by atoms with E-state index in [4.69, 9.17) is 0 Å². The highest BCUT2D eigenvalue weighted by Gasteiger charge is 2.23. The zero-order valence-electron chi connectivity index (χ0n) is 17.5. The number of hydrogen-bond donors (Lipinski definition) is 0. The molecule has 0 unspecified atom stereocenters. The smallest absolute Gasteiger partial charge is 0.243 e.